The topological polar surface area (TPSA) is 58.4 Å². The molecule has 5 heteroatoms. The van der Waals surface area contributed by atoms with E-state index in [2.05, 4.69) is 16.3 Å². The van der Waals surface area contributed by atoms with Crippen LogP contribution < -0.4 is 16.0 Å². The van der Waals surface area contributed by atoms with Gasteiger partial charge in [0.2, 0.25) is 5.91 Å². The molecule has 0 spiro atoms. The van der Waals surface area contributed by atoms with E-state index in [0.29, 0.717) is 5.02 Å². The van der Waals surface area contributed by atoms with Gasteiger partial charge in [-0.05, 0) is 62.1 Å². The molecule has 0 aliphatic carbocycles. The fraction of sp³-hybridized carbons (Fsp3) is 0.350. The van der Waals surface area contributed by atoms with Crippen molar-refractivity contribution >= 4 is 28.9 Å². The lowest BCUT2D eigenvalue weighted by atomic mass is 9.98. The molecule has 1 amide bonds. The second kappa shape index (κ2) is 7.36. The summed E-state index contributed by atoms with van der Waals surface area (Å²) in [5.41, 5.74) is 10.2. The van der Waals surface area contributed by atoms with Gasteiger partial charge in [0, 0.05) is 22.9 Å². The highest BCUT2D eigenvalue weighted by Gasteiger charge is 2.27. The van der Waals surface area contributed by atoms with Gasteiger partial charge in [0.05, 0.1) is 6.04 Å². The van der Waals surface area contributed by atoms with Gasteiger partial charge < -0.3 is 16.0 Å². The Bertz CT molecular complexity index is 760. The number of nitrogens with one attached hydrogen (secondary N) is 1. The van der Waals surface area contributed by atoms with Crippen molar-refractivity contribution in [3.8, 4) is 0 Å². The minimum Gasteiger partial charge on any atom is -0.398 e. The van der Waals surface area contributed by atoms with Crippen LogP contribution in [0.2, 0.25) is 5.02 Å². The first-order valence-electron chi connectivity index (χ1n) is 8.67. The molecule has 2 atom stereocenters. The van der Waals surface area contributed by atoms with Crippen LogP contribution in [-0.2, 0) is 11.2 Å². The fourth-order valence-corrected chi connectivity index (χ4v) is 3.52. The standard InChI is InChI=1S/C20H24ClN3O/c1-13(15-8-10-16(21)11-9-15)23-20(25)14(2)24-12-4-5-17-18(22)6-3-7-19(17)24/h3,6-11,13-14H,4-5,12,22H2,1-2H3,(H,23,25). The van der Waals surface area contributed by atoms with Gasteiger partial charge in [-0.15, -0.1) is 0 Å². The third kappa shape index (κ3) is 3.74. The summed E-state index contributed by atoms with van der Waals surface area (Å²) in [4.78, 5) is 14.9. The molecular formula is C20H24ClN3O. The molecule has 0 aromatic heterocycles. The van der Waals surface area contributed by atoms with Crippen molar-refractivity contribution in [1.82, 2.24) is 5.32 Å². The average molecular weight is 358 g/mol. The predicted octanol–water partition coefficient (Wildman–Crippen LogP) is 3.94. The van der Waals surface area contributed by atoms with E-state index in [-0.39, 0.29) is 18.0 Å². The predicted molar refractivity (Wildman–Crippen MR) is 104 cm³/mol. The van der Waals surface area contributed by atoms with Crippen LogP contribution in [-0.4, -0.2) is 18.5 Å². The monoisotopic (exact) mass is 357 g/mol. The zero-order valence-corrected chi connectivity index (χ0v) is 15.4. The number of benzene rings is 2. The number of fused-ring (bicyclic) bond motifs is 1. The lowest BCUT2D eigenvalue weighted by Gasteiger charge is -2.36. The number of nitrogens with zero attached hydrogens (tertiary/aromatic N) is 1. The van der Waals surface area contributed by atoms with Crippen molar-refractivity contribution in [3.05, 3.63) is 58.6 Å². The Hall–Kier alpha value is -2.20. The SMILES string of the molecule is CC(NC(=O)C(C)N1CCCc2c(N)cccc21)c1ccc(Cl)cc1. The zero-order chi connectivity index (χ0) is 18.0. The number of nitrogen functional groups attached to an aromatic ring is 1. The van der Waals surface area contributed by atoms with Gasteiger partial charge in [-0.3, -0.25) is 4.79 Å². The summed E-state index contributed by atoms with van der Waals surface area (Å²) in [6.45, 7) is 4.79. The van der Waals surface area contributed by atoms with Gasteiger partial charge in [0.25, 0.3) is 0 Å². The number of nitrogens with two attached hydrogens (primary N) is 1. The quantitative estimate of drug-likeness (QED) is 0.815. The van der Waals surface area contributed by atoms with Gasteiger partial charge in [-0.2, -0.15) is 0 Å². The van der Waals surface area contributed by atoms with Crippen LogP contribution in [0.5, 0.6) is 0 Å². The van der Waals surface area contributed by atoms with Crippen LogP contribution in [0.1, 0.15) is 37.4 Å². The maximum absolute atomic E-state index is 12.8. The average Bonchev–Trinajstić information content (AvgIpc) is 2.61. The largest absolute Gasteiger partial charge is 0.398 e. The molecule has 2 unspecified atom stereocenters. The summed E-state index contributed by atoms with van der Waals surface area (Å²) in [5, 5.41) is 3.80. The molecule has 1 heterocycles. The molecule has 0 saturated carbocycles. The zero-order valence-electron chi connectivity index (χ0n) is 14.6. The molecule has 0 fully saturated rings. The third-order valence-electron chi connectivity index (χ3n) is 4.90. The molecule has 3 N–H and O–H groups in total. The fourth-order valence-electron chi connectivity index (χ4n) is 3.39. The van der Waals surface area contributed by atoms with Gasteiger partial charge in [0.15, 0.2) is 0 Å². The maximum atomic E-state index is 12.8. The molecule has 132 valence electrons. The Balaban J connectivity index is 1.73. The van der Waals surface area contributed by atoms with Crippen LogP contribution in [0.25, 0.3) is 0 Å². The lowest BCUT2D eigenvalue weighted by Crippen LogP contribution is -2.47. The van der Waals surface area contributed by atoms with Crippen molar-refractivity contribution in [2.75, 3.05) is 17.2 Å². The van der Waals surface area contributed by atoms with Crippen LogP contribution in [0.3, 0.4) is 0 Å². The van der Waals surface area contributed by atoms with E-state index in [1.54, 1.807) is 0 Å². The van der Waals surface area contributed by atoms with E-state index in [1.165, 1.54) is 0 Å². The van der Waals surface area contributed by atoms with Crippen LogP contribution >= 0.6 is 11.6 Å². The summed E-state index contributed by atoms with van der Waals surface area (Å²) in [6.07, 6.45) is 1.97. The summed E-state index contributed by atoms with van der Waals surface area (Å²) < 4.78 is 0. The Morgan fingerprint density at radius 3 is 2.64 bits per heavy atom. The molecule has 2 aromatic rings. The van der Waals surface area contributed by atoms with Gasteiger partial charge >= 0.3 is 0 Å². The first-order valence-corrected chi connectivity index (χ1v) is 9.05. The number of rotatable bonds is 4. The Morgan fingerprint density at radius 2 is 1.92 bits per heavy atom. The van der Waals surface area contributed by atoms with Crippen LogP contribution in [0.15, 0.2) is 42.5 Å². The third-order valence-corrected chi connectivity index (χ3v) is 5.15. The summed E-state index contributed by atoms with van der Waals surface area (Å²) in [5.74, 6) is 0.0118. The minimum absolute atomic E-state index is 0.0118. The van der Waals surface area contributed by atoms with E-state index >= 15 is 0 Å². The normalized spacial score (nSPS) is 16.0. The molecular weight excluding hydrogens is 334 g/mol. The van der Waals surface area contributed by atoms with Gasteiger partial charge in [0.1, 0.15) is 6.04 Å². The highest BCUT2D eigenvalue weighted by atomic mass is 35.5. The summed E-state index contributed by atoms with van der Waals surface area (Å²) in [6, 6.07) is 13.2. The number of carbonyl (C=O) groups is 1. The van der Waals surface area contributed by atoms with Crippen molar-refractivity contribution in [3.63, 3.8) is 0 Å². The highest BCUT2D eigenvalue weighted by molar-refractivity contribution is 6.30. The first-order chi connectivity index (χ1) is 12.0. The molecule has 0 bridgehead atoms. The van der Waals surface area contributed by atoms with Crippen molar-refractivity contribution < 1.29 is 4.79 Å². The second-order valence-electron chi connectivity index (χ2n) is 6.60. The van der Waals surface area contributed by atoms with Crippen molar-refractivity contribution in [2.45, 2.75) is 38.8 Å². The molecule has 3 rings (SSSR count). The number of carbonyl (C=O) groups excluding carboxylic acids is 1. The molecule has 2 aromatic carbocycles. The summed E-state index contributed by atoms with van der Waals surface area (Å²) >= 11 is 5.93. The maximum Gasteiger partial charge on any atom is 0.242 e. The molecule has 25 heavy (non-hydrogen) atoms. The minimum atomic E-state index is -0.254. The molecule has 1 aliphatic heterocycles. The van der Waals surface area contributed by atoms with E-state index in [4.69, 9.17) is 17.3 Å². The van der Waals surface area contributed by atoms with Gasteiger partial charge in [-0.1, -0.05) is 29.8 Å². The van der Waals surface area contributed by atoms with E-state index < -0.39 is 0 Å². The number of anilines is 2. The Kier molecular flexibility index (Phi) is 5.19. The number of amides is 1. The highest BCUT2D eigenvalue weighted by Crippen LogP contribution is 2.32. The van der Waals surface area contributed by atoms with Crippen LogP contribution in [0, 0.1) is 0 Å². The lowest BCUT2D eigenvalue weighted by molar-refractivity contribution is -0.122. The van der Waals surface area contributed by atoms with E-state index in [1.807, 2.05) is 50.2 Å². The molecule has 0 radical (unpaired) electrons. The molecule has 1 aliphatic rings. The van der Waals surface area contributed by atoms with Crippen molar-refractivity contribution in [1.29, 1.82) is 0 Å². The summed E-state index contributed by atoms with van der Waals surface area (Å²) in [7, 11) is 0. The number of hydrogen-bond acceptors (Lipinski definition) is 3. The molecule has 4 nitrogen and oxygen atoms in total. The van der Waals surface area contributed by atoms with E-state index in [0.717, 1.165) is 41.9 Å². The van der Waals surface area contributed by atoms with Crippen molar-refractivity contribution in [2.24, 2.45) is 0 Å². The van der Waals surface area contributed by atoms with Gasteiger partial charge in [-0.25, -0.2) is 0 Å². The Morgan fingerprint density at radius 1 is 1.20 bits per heavy atom. The number of halogens is 1. The first kappa shape index (κ1) is 17.6. The molecule has 0 saturated heterocycles. The Labute approximate surface area is 154 Å². The number of hydrogen-bond donors (Lipinski definition) is 2. The van der Waals surface area contributed by atoms with Crippen LogP contribution in [0.4, 0.5) is 11.4 Å². The van der Waals surface area contributed by atoms with E-state index in [9.17, 15) is 4.79 Å². The smallest absolute Gasteiger partial charge is 0.242 e. The second-order valence-corrected chi connectivity index (χ2v) is 7.04.